The summed E-state index contributed by atoms with van der Waals surface area (Å²) in [4.78, 5) is 4.54. The normalized spacial score (nSPS) is 12.1. The average molecular weight is 823 g/mol. The summed E-state index contributed by atoms with van der Waals surface area (Å²) in [6.07, 6.45) is 0. The number of hydrogen-bond donors (Lipinski definition) is 0. The summed E-state index contributed by atoms with van der Waals surface area (Å²) in [6, 6.07) is 71.9. The Bertz CT molecular complexity index is 3890. The van der Waals surface area contributed by atoms with Gasteiger partial charge in [-0.3, -0.25) is 0 Å². The van der Waals surface area contributed by atoms with Gasteiger partial charge in [-0.2, -0.15) is 0 Å². The summed E-state index contributed by atoms with van der Waals surface area (Å²) in [5.74, 6) is 0. The van der Waals surface area contributed by atoms with Gasteiger partial charge in [-0.25, -0.2) is 0 Å². The molecule has 0 fully saturated rings. The molecule has 14 aromatic rings. The number of rotatable bonds is 6. The Labute approximate surface area is 364 Å². The van der Waals surface area contributed by atoms with Crippen LogP contribution in [0.4, 0.5) is 34.1 Å². The molecule has 0 bridgehead atoms. The number of furan rings is 4. The van der Waals surface area contributed by atoms with Crippen molar-refractivity contribution in [2.45, 2.75) is 0 Å². The molecule has 0 aliphatic rings. The fourth-order valence-electron chi connectivity index (χ4n) is 9.80. The van der Waals surface area contributed by atoms with Crippen LogP contribution in [0.5, 0.6) is 0 Å². The number of fused-ring (bicyclic) bond motifs is 13. The van der Waals surface area contributed by atoms with Gasteiger partial charge in [0.25, 0.3) is 0 Å². The van der Waals surface area contributed by atoms with E-state index in [1.54, 1.807) is 0 Å². The van der Waals surface area contributed by atoms with Crippen molar-refractivity contribution in [2.75, 3.05) is 9.80 Å². The Balaban J connectivity index is 0.865. The first-order valence-electron chi connectivity index (χ1n) is 21.5. The first-order chi connectivity index (χ1) is 31.7. The summed E-state index contributed by atoms with van der Waals surface area (Å²) >= 11 is 0. The maximum atomic E-state index is 6.71. The van der Waals surface area contributed by atoms with E-state index in [1.807, 2.05) is 36.4 Å². The molecule has 0 N–H and O–H groups in total. The van der Waals surface area contributed by atoms with E-state index in [1.165, 1.54) is 0 Å². The van der Waals surface area contributed by atoms with Crippen LogP contribution in [0.2, 0.25) is 0 Å². The van der Waals surface area contributed by atoms with E-state index in [0.29, 0.717) is 0 Å². The summed E-state index contributed by atoms with van der Waals surface area (Å²) in [7, 11) is 0. The molecule has 300 valence electrons. The number of benzene rings is 10. The molecular formula is C58H34N2O4. The zero-order valence-electron chi connectivity index (χ0n) is 34.2. The topological polar surface area (TPSA) is 59.0 Å². The van der Waals surface area contributed by atoms with Gasteiger partial charge in [0.2, 0.25) is 0 Å². The van der Waals surface area contributed by atoms with Crippen LogP contribution in [0.3, 0.4) is 0 Å². The second kappa shape index (κ2) is 13.4. The Morgan fingerprint density at radius 2 is 0.531 bits per heavy atom. The highest BCUT2D eigenvalue weighted by molar-refractivity contribution is 6.16. The van der Waals surface area contributed by atoms with Gasteiger partial charge in [-0.1, -0.05) is 72.8 Å². The third-order valence-electron chi connectivity index (χ3n) is 12.8. The third kappa shape index (κ3) is 5.33. The molecule has 6 nitrogen and oxygen atoms in total. The molecule has 64 heavy (non-hydrogen) atoms. The Morgan fingerprint density at radius 3 is 1.00 bits per heavy atom. The molecule has 0 amide bonds. The van der Waals surface area contributed by atoms with E-state index in [-0.39, 0.29) is 0 Å². The van der Waals surface area contributed by atoms with Gasteiger partial charge >= 0.3 is 0 Å². The van der Waals surface area contributed by atoms with Crippen LogP contribution >= 0.6 is 0 Å². The Hall–Kier alpha value is -8.74. The van der Waals surface area contributed by atoms with Crippen LogP contribution in [0, 0.1) is 0 Å². The van der Waals surface area contributed by atoms with Crippen LogP contribution in [-0.2, 0) is 0 Å². The quantitative estimate of drug-likeness (QED) is 0.166. The van der Waals surface area contributed by atoms with Crippen LogP contribution in [0.25, 0.3) is 98.5 Å². The highest BCUT2D eigenvalue weighted by Crippen LogP contribution is 2.44. The zero-order chi connectivity index (χ0) is 41.9. The Kier molecular flexibility index (Phi) is 7.30. The van der Waals surface area contributed by atoms with Crippen molar-refractivity contribution in [3.63, 3.8) is 0 Å². The summed E-state index contributed by atoms with van der Waals surface area (Å²) in [6.45, 7) is 0. The molecule has 0 radical (unpaired) electrons. The predicted octanol–water partition coefficient (Wildman–Crippen LogP) is 17.4. The molecule has 0 spiro atoms. The fourth-order valence-corrected chi connectivity index (χ4v) is 9.80. The van der Waals surface area contributed by atoms with Crippen molar-refractivity contribution in [2.24, 2.45) is 0 Å². The summed E-state index contributed by atoms with van der Waals surface area (Å²) in [5, 5.41) is 10.8. The van der Waals surface area contributed by atoms with Crippen molar-refractivity contribution in [1.29, 1.82) is 0 Å². The van der Waals surface area contributed by atoms with Gasteiger partial charge in [-0.05, 0) is 132 Å². The molecule has 4 aromatic heterocycles. The molecule has 0 aliphatic heterocycles. The minimum atomic E-state index is 0.823. The number of hydrogen-bond acceptors (Lipinski definition) is 6. The van der Waals surface area contributed by atoms with Gasteiger partial charge in [0, 0.05) is 89.3 Å². The van der Waals surface area contributed by atoms with E-state index in [4.69, 9.17) is 17.7 Å². The van der Waals surface area contributed by atoms with E-state index in [9.17, 15) is 0 Å². The van der Waals surface area contributed by atoms with Gasteiger partial charge in [0.1, 0.15) is 44.7 Å². The second-order valence-electron chi connectivity index (χ2n) is 16.5. The van der Waals surface area contributed by atoms with Crippen molar-refractivity contribution >= 4 is 133 Å². The highest BCUT2D eigenvalue weighted by Gasteiger charge is 2.20. The van der Waals surface area contributed by atoms with Gasteiger partial charge in [0.15, 0.2) is 0 Å². The maximum Gasteiger partial charge on any atom is 0.137 e. The summed E-state index contributed by atoms with van der Waals surface area (Å²) in [5.41, 5.74) is 13.0. The lowest BCUT2D eigenvalue weighted by Crippen LogP contribution is -2.09. The van der Waals surface area contributed by atoms with Crippen LogP contribution in [0.1, 0.15) is 0 Å². The average Bonchev–Trinajstić information content (AvgIpc) is 4.10. The molecule has 6 heteroatoms. The lowest BCUT2D eigenvalue weighted by molar-refractivity contribution is 0.668. The molecule has 0 saturated heterocycles. The molecule has 0 atom stereocenters. The number of anilines is 6. The zero-order valence-corrected chi connectivity index (χ0v) is 34.2. The van der Waals surface area contributed by atoms with E-state index < -0.39 is 0 Å². The molecule has 0 saturated carbocycles. The van der Waals surface area contributed by atoms with Gasteiger partial charge in [-0.15, -0.1) is 0 Å². The minimum absolute atomic E-state index is 0.823. The number of para-hydroxylation sites is 4. The smallest absolute Gasteiger partial charge is 0.137 e. The molecule has 14 rings (SSSR count). The summed E-state index contributed by atoms with van der Waals surface area (Å²) < 4.78 is 25.8. The lowest BCUT2D eigenvalue weighted by atomic mass is 10.0. The molecule has 0 unspecified atom stereocenters. The largest absolute Gasteiger partial charge is 0.456 e. The molecule has 4 heterocycles. The van der Waals surface area contributed by atoms with E-state index in [0.717, 1.165) is 133 Å². The molecular weight excluding hydrogens is 789 g/mol. The fraction of sp³-hybridized carbons (Fsp3) is 0. The van der Waals surface area contributed by atoms with Gasteiger partial charge in [0.05, 0.1) is 0 Å². The van der Waals surface area contributed by atoms with Crippen molar-refractivity contribution in [1.82, 2.24) is 0 Å². The van der Waals surface area contributed by atoms with Crippen LogP contribution in [-0.4, -0.2) is 0 Å². The highest BCUT2D eigenvalue weighted by atomic mass is 16.3. The second-order valence-corrected chi connectivity index (χ2v) is 16.5. The third-order valence-corrected chi connectivity index (χ3v) is 12.8. The minimum Gasteiger partial charge on any atom is -0.456 e. The first kappa shape index (κ1) is 34.9. The van der Waals surface area contributed by atoms with Crippen LogP contribution in [0.15, 0.2) is 224 Å². The lowest BCUT2D eigenvalue weighted by Gasteiger charge is -2.25. The number of nitrogens with zero attached hydrogens (tertiary/aromatic N) is 2. The first-order valence-corrected chi connectivity index (χ1v) is 21.5. The Morgan fingerprint density at radius 1 is 0.203 bits per heavy atom. The van der Waals surface area contributed by atoms with E-state index >= 15 is 0 Å². The molecule has 0 aliphatic carbocycles. The predicted molar refractivity (Wildman–Crippen MR) is 262 cm³/mol. The maximum absolute atomic E-state index is 6.71. The van der Waals surface area contributed by atoms with E-state index in [2.05, 4.69) is 180 Å². The SMILES string of the molecule is c1ccc(N(c2ccc3c(c2)oc2cc4cc5c(cc4cc23)oc2cc(N(c3ccccc3)c3ccc4oc6ccccc6c4c3)ccc25)c2ccc3oc4ccccc4c3c2)cc1. The monoisotopic (exact) mass is 822 g/mol. The molecule has 10 aromatic carbocycles. The van der Waals surface area contributed by atoms with Crippen molar-refractivity contribution in [3.05, 3.63) is 206 Å². The van der Waals surface area contributed by atoms with Gasteiger partial charge < -0.3 is 27.5 Å². The van der Waals surface area contributed by atoms with Crippen LogP contribution < -0.4 is 9.80 Å². The standard InChI is InChI=1S/C58H34N2O4/c1-3-11-37(12-4-1)59(39-21-25-53-49(31-39)43-15-7-9-17-51(43)61-53)41-19-23-45-47-27-35-30-56-48(28-36(35)29-55(47)63-57(45)33-41)46-24-20-42(34-58(46)64-56)60(38-13-5-2-6-14-38)40-22-26-54-50(32-40)44-16-8-10-18-52(44)62-54/h1-34H. The van der Waals surface area contributed by atoms with Crippen molar-refractivity contribution < 1.29 is 17.7 Å². The van der Waals surface area contributed by atoms with Crippen molar-refractivity contribution in [3.8, 4) is 0 Å².